The van der Waals surface area contributed by atoms with Crippen LogP contribution in [0, 0.1) is 3.57 Å². The van der Waals surface area contributed by atoms with Crippen molar-refractivity contribution in [3.05, 3.63) is 66.6 Å². The number of likely N-dealkylation sites (tertiary alicyclic amines) is 2. The molecule has 3 unspecified atom stereocenters. The zero-order valence-corrected chi connectivity index (χ0v) is 32.9. The average molecular weight is 866 g/mol. The lowest BCUT2D eigenvalue weighted by molar-refractivity contribution is -0.122. The lowest BCUT2D eigenvalue weighted by Gasteiger charge is -2.43. The molecule has 2 amide bonds. The molecule has 4 rings (SSSR count). The van der Waals surface area contributed by atoms with Crippen LogP contribution in [0.1, 0.15) is 86.6 Å². The fourth-order valence-electron chi connectivity index (χ4n) is 4.89. The number of ether oxygens (including phenoxy) is 2. The number of carbonyl (C=O) groups excluding carboxylic acids is 3. The van der Waals surface area contributed by atoms with Crippen LogP contribution in [0.5, 0.6) is 0 Å². The highest BCUT2D eigenvalue weighted by atomic mass is 127. The molecule has 2 saturated heterocycles. The van der Waals surface area contributed by atoms with Gasteiger partial charge in [-0.3, -0.25) is 4.79 Å². The van der Waals surface area contributed by atoms with Crippen molar-refractivity contribution in [2.24, 2.45) is 0 Å². The maximum atomic E-state index is 12.2. The molecule has 2 aromatic rings. The highest BCUT2D eigenvalue weighted by Gasteiger charge is 2.40. The van der Waals surface area contributed by atoms with Crippen LogP contribution >= 0.6 is 54.5 Å². The number of aliphatic hydroxyl groups is 1. The van der Waals surface area contributed by atoms with Gasteiger partial charge < -0.3 is 24.4 Å². The van der Waals surface area contributed by atoms with E-state index in [0.29, 0.717) is 38.8 Å². The average Bonchev–Trinajstić information content (AvgIpc) is 2.89. The van der Waals surface area contributed by atoms with Crippen molar-refractivity contribution in [3.8, 4) is 0 Å². The van der Waals surface area contributed by atoms with E-state index in [1.807, 2.05) is 91.8 Å². The third kappa shape index (κ3) is 13.9. The third-order valence-corrected chi connectivity index (χ3v) is 8.78. The molecule has 11 heteroatoms. The molecule has 2 aromatic carbocycles. The van der Waals surface area contributed by atoms with E-state index in [1.54, 1.807) is 9.80 Å². The fraction of sp³-hybridized carbons (Fsp3) is 0.559. The monoisotopic (exact) mass is 864 g/mol. The first kappa shape index (κ1) is 39.5. The Morgan fingerprint density at radius 3 is 1.84 bits per heavy atom. The van der Waals surface area contributed by atoms with Gasteiger partial charge >= 0.3 is 12.2 Å². The molecule has 2 aliphatic heterocycles. The van der Waals surface area contributed by atoms with E-state index in [9.17, 15) is 19.5 Å². The number of hydrogen-bond donors (Lipinski definition) is 1. The number of Topliss-reactive ketones (excluding diaryl/α,β-unsaturated/α-hetero) is 1. The van der Waals surface area contributed by atoms with Crippen LogP contribution in [0.3, 0.4) is 0 Å². The molecular formula is C34H47Br2IN2O6. The number of amides is 2. The molecule has 0 aliphatic carbocycles. The molecule has 0 bridgehead atoms. The zero-order valence-electron chi connectivity index (χ0n) is 27.5. The number of carbonyl (C=O) groups is 3. The van der Waals surface area contributed by atoms with Gasteiger partial charge in [0, 0.05) is 57.0 Å². The van der Waals surface area contributed by atoms with Crippen molar-refractivity contribution in [1.29, 1.82) is 0 Å². The first-order valence-corrected chi connectivity index (χ1v) is 17.8. The van der Waals surface area contributed by atoms with Gasteiger partial charge in [-0.2, -0.15) is 0 Å². The lowest BCUT2D eigenvalue weighted by Crippen LogP contribution is -2.51. The lowest BCUT2D eigenvalue weighted by atomic mass is 9.81. The minimum Gasteiger partial charge on any atom is -0.444 e. The number of nitrogens with zero attached hydrogens (tertiary/aromatic N) is 2. The minimum atomic E-state index is -0.901. The van der Waals surface area contributed by atoms with Gasteiger partial charge in [-0.15, -0.1) is 0 Å². The van der Waals surface area contributed by atoms with Gasteiger partial charge in [0.2, 0.25) is 0 Å². The van der Waals surface area contributed by atoms with E-state index in [1.165, 1.54) is 3.57 Å². The summed E-state index contributed by atoms with van der Waals surface area (Å²) in [7, 11) is 0. The summed E-state index contributed by atoms with van der Waals surface area (Å²) in [6.07, 6.45) is 1.28. The maximum absolute atomic E-state index is 12.2. The molecule has 2 aliphatic rings. The second-order valence-electron chi connectivity index (χ2n) is 13.5. The molecule has 0 radical (unpaired) electrons. The topological polar surface area (TPSA) is 96.4 Å². The molecule has 3 atom stereocenters. The molecular weight excluding hydrogens is 819 g/mol. The normalized spacial score (nSPS) is 21.9. The number of halogens is 3. The predicted molar refractivity (Wildman–Crippen MR) is 193 cm³/mol. The van der Waals surface area contributed by atoms with Crippen molar-refractivity contribution >= 4 is 72.4 Å². The molecule has 8 nitrogen and oxygen atoms in total. The number of benzene rings is 2. The molecule has 2 heterocycles. The Kier molecular flexibility index (Phi) is 14.8. The van der Waals surface area contributed by atoms with Crippen molar-refractivity contribution in [2.45, 2.75) is 110 Å². The SMILES string of the molecule is Brc1ccc(I)cc1.CC1CC(=O)CCN1C(=O)OC(C)(C)C.CC1CC(O)(c2cccc(Br)c2)CCN1C(=O)OC(C)(C)C. The summed E-state index contributed by atoms with van der Waals surface area (Å²) in [4.78, 5) is 38.4. The van der Waals surface area contributed by atoms with Crippen LogP contribution in [-0.4, -0.2) is 69.3 Å². The van der Waals surface area contributed by atoms with Gasteiger partial charge in [-0.1, -0.05) is 44.0 Å². The smallest absolute Gasteiger partial charge is 0.410 e. The second kappa shape index (κ2) is 16.9. The largest absolute Gasteiger partial charge is 0.444 e. The molecule has 0 saturated carbocycles. The van der Waals surface area contributed by atoms with E-state index in [-0.39, 0.29) is 30.1 Å². The van der Waals surface area contributed by atoms with E-state index in [0.717, 1.165) is 14.5 Å². The van der Waals surface area contributed by atoms with Crippen LogP contribution in [-0.2, 0) is 19.9 Å². The summed E-state index contributed by atoms with van der Waals surface area (Å²) in [6.45, 7) is 15.9. The molecule has 0 aromatic heterocycles. The molecule has 2 fully saturated rings. The standard InChI is InChI=1S/C17H24BrNO3.C11H19NO3.C6H4BrI/c1-12-11-17(21,13-6-5-7-14(18)10-13)8-9-19(12)15(20)22-16(2,3)4;1-8-7-9(13)5-6-12(8)10(14)15-11(2,3)4;7-5-1-3-6(8)4-2-5/h5-7,10,12,21H,8-9,11H2,1-4H3;8H,5-7H2,1-4H3;1-4H. The minimum absolute atomic E-state index is 0.0406. The second-order valence-corrected chi connectivity index (χ2v) is 16.5. The fourth-order valence-corrected chi connectivity index (χ4v) is 5.91. The summed E-state index contributed by atoms with van der Waals surface area (Å²) in [5.74, 6) is 0.224. The molecule has 1 N–H and O–H groups in total. The predicted octanol–water partition coefficient (Wildman–Crippen LogP) is 9.08. The number of rotatable bonds is 1. The van der Waals surface area contributed by atoms with Crippen LogP contribution in [0.4, 0.5) is 9.59 Å². The Bertz CT molecular complexity index is 1270. The molecule has 45 heavy (non-hydrogen) atoms. The summed E-state index contributed by atoms with van der Waals surface area (Å²) in [5.41, 5.74) is -0.994. The van der Waals surface area contributed by atoms with E-state index >= 15 is 0 Å². The van der Waals surface area contributed by atoms with Crippen LogP contribution in [0.25, 0.3) is 0 Å². The van der Waals surface area contributed by atoms with Crippen molar-refractivity contribution in [1.82, 2.24) is 9.80 Å². The van der Waals surface area contributed by atoms with Crippen LogP contribution in [0.15, 0.2) is 57.5 Å². The Balaban J connectivity index is 0.000000263. The number of hydrogen-bond acceptors (Lipinski definition) is 6. The van der Waals surface area contributed by atoms with Gasteiger partial charge in [0.1, 0.15) is 17.0 Å². The number of piperidine rings is 2. The van der Waals surface area contributed by atoms with Crippen LogP contribution < -0.4 is 0 Å². The van der Waals surface area contributed by atoms with Crippen molar-refractivity contribution < 1.29 is 29.0 Å². The van der Waals surface area contributed by atoms with Gasteiger partial charge in [0.05, 0.1) is 5.60 Å². The van der Waals surface area contributed by atoms with Crippen LogP contribution in [0.2, 0.25) is 0 Å². The Morgan fingerprint density at radius 2 is 1.40 bits per heavy atom. The van der Waals surface area contributed by atoms with Crippen molar-refractivity contribution in [3.63, 3.8) is 0 Å². The van der Waals surface area contributed by atoms with Gasteiger partial charge in [-0.25, -0.2) is 9.59 Å². The highest BCUT2D eigenvalue weighted by molar-refractivity contribution is 14.1. The Morgan fingerprint density at radius 1 is 0.867 bits per heavy atom. The summed E-state index contributed by atoms with van der Waals surface area (Å²) >= 11 is 9.06. The van der Waals surface area contributed by atoms with Crippen molar-refractivity contribution in [2.75, 3.05) is 13.1 Å². The van der Waals surface area contributed by atoms with Gasteiger partial charge in [-0.05, 0) is 126 Å². The maximum Gasteiger partial charge on any atom is 0.410 e. The molecule has 0 spiro atoms. The van der Waals surface area contributed by atoms with Gasteiger partial charge in [0.25, 0.3) is 0 Å². The first-order chi connectivity index (χ1) is 20.7. The quantitative estimate of drug-likeness (QED) is 0.288. The summed E-state index contributed by atoms with van der Waals surface area (Å²) in [6, 6.07) is 15.8. The summed E-state index contributed by atoms with van der Waals surface area (Å²) < 4.78 is 14.0. The Labute approximate surface area is 299 Å². The Hall–Kier alpha value is -1.70. The van der Waals surface area contributed by atoms with E-state index in [4.69, 9.17) is 9.47 Å². The van der Waals surface area contributed by atoms with E-state index < -0.39 is 16.8 Å². The van der Waals surface area contributed by atoms with E-state index in [2.05, 4.69) is 66.6 Å². The third-order valence-electron chi connectivity index (χ3n) is 7.04. The zero-order chi connectivity index (χ0) is 34.2. The first-order valence-electron chi connectivity index (χ1n) is 15.1. The van der Waals surface area contributed by atoms with Gasteiger partial charge in [0.15, 0.2) is 0 Å². The highest BCUT2D eigenvalue weighted by Crippen LogP contribution is 2.37. The number of ketones is 1. The summed E-state index contributed by atoms with van der Waals surface area (Å²) in [5, 5.41) is 11.0. The molecule has 250 valence electrons.